The van der Waals surface area contributed by atoms with Crippen molar-refractivity contribution in [3.63, 3.8) is 0 Å². The topological polar surface area (TPSA) is 92.9 Å². The van der Waals surface area contributed by atoms with Crippen LogP contribution in [0.15, 0.2) is 6.07 Å². The van der Waals surface area contributed by atoms with Crippen LogP contribution in [0.2, 0.25) is 0 Å². The molecule has 0 aromatic carbocycles. The van der Waals surface area contributed by atoms with Crippen LogP contribution in [0.3, 0.4) is 0 Å². The van der Waals surface area contributed by atoms with Gasteiger partial charge >= 0.3 is 0 Å². The lowest BCUT2D eigenvalue weighted by molar-refractivity contribution is -0.117. The van der Waals surface area contributed by atoms with E-state index in [0.29, 0.717) is 12.4 Å². The molecule has 1 rings (SSSR count). The zero-order valence-corrected chi connectivity index (χ0v) is 11.2. The number of nitrogens with one attached hydrogen (secondary N) is 2. The zero-order chi connectivity index (χ0) is 13.5. The molecule has 0 saturated heterocycles. The van der Waals surface area contributed by atoms with E-state index in [2.05, 4.69) is 20.6 Å². The number of aromatic nitrogens is 2. The Morgan fingerprint density at radius 2 is 1.94 bits per heavy atom. The fourth-order valence-electron chi connectivity index (χ4n) is 1.40. The predicted octanol–water partition coefficient (Wildman–Crippen LogP) is 1.32. The summed E-state index contributed by atoms with van der Waals surface area (Å²) in [6, 6.07) is 1.83. The van der Waals surface area contributed by atoms with Gasteiger partial charge in [0.2, 0.25) is 5.91 Å². The molecule has 0 spiro atoms. The highest BCUT2D eigenvalue weighted by Gasteiger charge is 2.07. The van der Waals surface area contributed by atoms with Crippen LogP contribution in [-0.2, 0) is 4.79 Å². The molecule has 0 atom stereocenters. The van der Waals surface area contributed by atoms with Crippen LogP contribution >= 0.6 is 0 Å². The molecule has 6 nitrogen and oxygen atoms in total. The van der Waals surface area contributed by atoms with Crippen LogP contribution in [0.1, 0.15) is 38.9 Å². The Hall–Kier alpha value is -1.85. The number of carbonyl (C=O) groups excluding carboxylic acids is 1. The van der Waals surface area contributed by atoms with Crippen LogP contribution in [0.25, 0.3) is 0 Å². The quantitative estimate of drug-likeness (QED) is 0.679. The van der Waals surface area contributed by atoms with E-state index < -0.39 is 0 Å². The molecular weight excluding hydrogens is 230 g/mol. The number of hydrogen-bond donors (Lipinski definition) is 3. The minimum Gasteiger partial charge on any atom is -0.370 e. The molecule has 0 saturated carbocycles. The third kappa shape index (κ3) is 4.57. The number of primary amides is 1. The second-order valence-electron chi connectivity index (χ2n) is 4.32. The van der Waals surface area contributed by atoms with E-state index in [0.717, 1.165) is 18.2 Å². The number of carbonyl (C=O) groups is 1. The van der Waals surface area contributed by atoms with Crippen LogP contribution in [-0.4, -0.2) is 29.0 Å². The molecule has 1 amide bonds. The number of nitrogens with two attached hydrogens (primary N) is 1. The number of nitrogens with zero attached hydrogens (tertiary/aromatic N) is 2. The summed E-state index contributed by atoms with van der Waals surface area (Å²) in [4.78, 5) is 19.5. The summed E-state index contributed by atoms with van der Waals surface area (Å²) in [6.07, 6.45) is 0.289. The average molecular weight is 251 g/mol. The highest BCUT2D eigenvalue weighted by Crippen LogP contribution is 2.16. The first-order valence-corrected chi connectivity index (χ1v) is 6.18. The van der Waals surface area contributed by atoms with Crippen LogP contribution in [0.5, 0.6) is 0 Å². The van der Waals surface area contributed by atoms with Gasteiger partial charge in [0.25, 0.3) is 0 Å². The van der Waals surface area contributed by atoms with Crippen molar-refractivity contribution in [2.45, 2.75) is 33.1 Å². The molecule has 18 heavy (non-hydrogen) atoms. The molecule has 0 bridgehead atoms. The highest BCUT2D eigenvalue weighted by molar-refractivity contribution is 5.74. The summed E-state index contributed by atoms with van der Waals surface area (Å²) in [5, 5.41) is 6.24. The smallest absolute Gasteiger partial charge is 0.219 e. The van der Waals surface area contributed by atoms with E-state index in [9.17, 15) is 4.79 Å². The Bertz CT molecular complexity index is 405. The van der Waals surface area contributed by atoms with E-state index in [4.69, 9.17) is 5.73 Å². The monoisotopic (exact) mass is 251 g/mol. The molecule has 1 heterocycles. The van der Waals surface area contributed by atoms with Gasteiger partial charge in [-0.25, -0.2) is 9.97 Å². The van der Waals surface area contributed by atoms with E-state index in [1.807, 2.05) is 26.8 Å². The van der Waals surface area contributed by atoms with Gasteiger partial charge in [0.15, 0.2) is 0 Å². The minimum atomic E-state index is -0.326. The summed E-state index contributed by atoms with van der Waals surface area (Å²) >= 11 is 0. The average Bonchev–Trinajstić information content (AvgIpc) is 2.28. The summed E-state index contributed by atoms with van der Waals surface area (Å²) in [5.74, 6) is 2.20. The molecule has 0 aliphatic heterocycles. The second kappa shape index (κ2) is 6.78. The maximum absolute atomic E-state index is 10.7. The van der Waals surface area contributed by atoms with Crippen LogP contribution in [0.4, 0.5) is 11.6 Å². The van der Waals surface area contributed by atoms with Gasteiger partial charge < -0.3 is 16.4 Å². The van der Waals surface area contributed by atoms with Gasteiger partial charge in [0.1, 0.15) is 17.5 Å². The summed E-state index contributed by atoms with van der Waals surface area (Å²) in [7, 11) is 0. The van der Waals surface area contributed by atoms with Gasteiger partial charge in [-0.05, 0) is 6.92 Å². The summed E-state index contributed by atoms with van der Waals surface area (Å²) < 4.78 is 0. The fraction of sp³-hybridized carbons (Fsp3) is 0.583. The molecule has 1 aromatic rings. The largest absolute Gasteiger partial charge is 0.370 e. The van der Waals surface area contributed by atoms with Crippen molar-refractivity contribution in [3.05, 3.63) is 11.9 Å². The van der Waals surface area contributed by atoms with Gasteiger partial charge in [-0.2, -0.15) is 0 Å². The number of amides is 1. The van der Waals surface area contributed by atoms with Crippen molar-refractivity contribution in [1.82, 2.24) is 9.97 Å². The van der Waals surface area contributed by atoms with Crippen molar-refractivity contribution in [2.24, 2.45) is 5.73 Å². The summed E-state index contributed by atoms with van der Waals surface area (Å²) in [6.45, 7) is 7.37. The van der Waals surface area contributed by atoms with E-state index in [-0.39, 0.29) is 18.2 Å². The van der Waals surface area contributed by atoms with Crippen molar-refractivity contribution in [1.29, 1.82) is 0 Å². The predicted molar refractivity (Wildman–Crippen MR) is 72.6 cm³/mol. The minimum absolute atomic E-state index is 0.250. The molecule has 4 N–H and O–H groups in total. The van der Waals surface area contributed by atoms with Crippen molar-refractivity contribution >= 4 is 17.5 Å². The summed E-state index contributed by atoms with van der Waals surface area (Å²) in [5.41, 5.74) is 5.09. The third-order valence-electron chi connectivity index (χ3n) is 2.30. The van der Waals surface area contributed by atoms with Gasteiger partial charge in [-0.3, -0.25) is 4.79 Å². The fourth-order valence-corrected chi connectivity index (χ4v) is 1.40. The molecule has 0 aliphatic carbocycles. The zero-order valence-electron chi connectivity index (χ0n) is 11.2. The lowest BCUT2D eigenvalue weighted by atomic mass is 10.2. The lowest BCUT2D eigenvalue weighted by Crippen LogP contribution is -2.17. The van der Waals surface area contributed by atoms with E-state index in [1.54, 1.807) is 0 Å². The molecule has 0 aliphatic rings. The maximum Gasteiger partial charge on any atom is 0.219 e. The standard InChI is InChI=1S/C12H21N5O/c1-4-14-10-7-11(15-6-5-9(13)18)17-12(16-10)8(2)3/h7-8H,4-6H2,1-3H3,(H2,13,18)(H2,14,15,16,17). The Morgan fingerprint density at radius 1 is 1.33 bits per heavy atom. The number of hydrogen-bond acceptors (Lipinski definition) is 5. The van der Waals surface area contributed by atoms with Gasteiger partial charge in [-0.15, -0.1) is 0 Å². The molecular formula is C12H21N5O. The molecule has 1 aromatic heterocycles. The first-order chi connectivity index (χ1) is 8.52. The Morgan fingerprint density at radius 3 is 2.44 bits per heavy atom. The SMILES string of the molecule is CCNc1cc(NCCC(N)=O)nc(C(C)C)n1. The first-order valence-electron chi connectivity index (χ1n) is 6.18. The molecule has 6 heteroatoms. The number of rotatable bonds is 7. The van der Waals surface area contributed by atoms with E-state index >= 15 is 0 Å². The van der Waals surface area contributed by atoms with Crippen LogP contribution < -0.4 is 16.4 Å². The van der Waals surface area contributed by atoms with Gasteiger partial charge in [-0.1, -0.05) is 13.8 Å². The third-order valence-corrected chi connectivity index (χ3v) is 2.30. The van der Waals surface area contributed by atoms with Gasteiger partial charge in [0, 0.05) is 31.5 Å². The molecule has 0 unspecified atom stereocenters. The molecule has 100 valence electrons. The van der Waals surface area contributed by atoms with Crippen LogP contribution in [0, 0.1) is 0 Å². The number of anilines is 2. The van der Waals surface area contributed by atoms with Gasteiger partial charge in [0.05, 0.1) is 0 Å². The Kier molecular flexibility index (Phi) is 5.35. The highest BCUT2D eigenvalue weighted by atomic mass is 16.1. The Labute approximate surface area is 107 Å². The van der Waals surface area contributed by atoms with Crippen molar-refractivity contribution < 1.29 is 4.79 Å². The normalized spacial score (nSPS) is 10.4. The first kappa shape index (κ1) is 14.2. The molecule has 0 radical (unpaired) electrons. The Balaban J connectivity index is 2.78. The van der Waals surface area contributed by atoms with Crippen molar-refractivity contribution in [3.8, 4) is 0 Å². The maximum atomic E-state index is 10.7. The van der Waals surface area contributed by atoms with Crippen molar-refractivity contribution in [2.75, 3.05) is 23.7 Å². The van der Waals surface area contributed by atoms with E-state index in [1.165, 1.54) is 0 Å². The molecule has 0 fully saturated rings. The second-order valence-corrected chi connectivity index (χ2v) is 4.32. The lowest BCUT2D eigenvalue weighted by Gasteiger charge is -2.11.